The normalized spacial score (nSPS) is 17.1. The Morgan fingerprint density at radius 1 is 1.00 bits per heavy atom. The molecule has 1 fully saturated rings. The van der Waals surface area contributed by atoms with Crippen LogP contribution >= 0.6 is 0 Å². The Kier molecular flexibility index (Phi) is 8.69. The average molecular weight is 454 g/mol. The van der Waals surface area contributed by atoms with E-state index in [-0.39, 0.29) is 11.0 Å². The molecule has 2 aromatic carbocycles. The molecule has 0 aromatic heterocycles. The van der Waals surface area contributed by atoms with Crippen molar-refractivity contribution in [1.82, 2.24) is 4.90 Å². The molecule has 0 spiro atoms. The van der Waals surface area contributed by atoms with E-state index >= 15 is 0 Å². The van der Waals surface area contributed by atoms with Crippen LogP contribution in [0, 0.1) is 0 Å². The smallest absolute Gasteiger partial charge is 0.305 e. The van der Waals surface area contributed by atoms with Gasteiger partial charge in [0.2, 0.25) is 0 Å². The minimum Gasteiger partial charge on any atom is -0.466 e. The standard InChI is InChI=1S/C27H39NO3Si/c1-5-30-26(29)18-12-13-20-28-21-19-23(28)22-31-32(27(2,3)4,24-14-8-6-9-15-24)25-16-10-7-11-17-25/h6-11,14-17,23H,5,12-13,18-22H2,1-4H3/t23-/m0/s1. The lowest BCUT2D eigenvalue weighted by Gasteiger charge is -2.47. The van der Waals surface area contributed by atoms with Gasteiger partial charge in [-0.15, -0.1) is 0 Å². The van der Waals surface area contributed by atoms with Crippen LogP contribution in [0.5, 0.6) is 0 Å². The van der Waals surface area contributed by atoms with E-state index in [1.165, 1.54) is 16.8 Å². The zero-order valence-electron chi connectivity index (χ0n) is 20.2. The number of unbranched alkanes of at least 4 members (excludes halogenated alkanes) is 1. The fraction of sp³-hybridized carbons (Fsp3) is 0.519. The number of nitrogens with zero attached hydrogens (tertiary/aromatic N) is 1. The summed E-state index contributed by atoms with van der Waals surface area (Å²) in [5.74, 6) is -0.0809. The van der Waals surface area contributed by atoms with E-state index in [9.17, 15) is 4.79 Å². The van der Waals surface area contributed by atoms with E-state index in [2.05, 4.69) is 86.3 Å². The predicted molar refractivity (Wildman–Crippen MR) is 134 cm³/mol. The molecule has 0 unspecified atom stereocenters. The number of hydrogen-bond donors (Lipinski definition) is 0. The molecule has 0 bridgehead atoms. The molecule has 5 heteroatoms. The van der Waals surface area contributed by atoms with Gasteiger partial charge in [0.1, 0.15) is 0 Å². The molecule has 0 saturated carbocycles. The summed E-state index contributed by atoms with van der Waals surface area (Å²) in [5.41, 5.74) is 0. The van der Waals surface area contributed by atoms with Gasteiger partial charge in [-0.2, -0.15) is 0 Å². The number of carbonyl (C=O) groups is 1. The van der Waals surface area contributed by atoms with Crippen molar-refractivity contribution >= 4 is 24.7 Å². The molecular formula is C27H39NO3Si. The largest absolute Gasteiger partial charge is 0.466 e. The molecule has 1 saturated heterocycles. The van der Waals surface area contributed by atoms with Crippen molar-refractivity contribution in [2.45, 2.75) is 64.5 Å². The van der Waals surface area contributed by atoms with Crippen LogP contribution in [0.3, 0.4) is 0 Å². The Hall–Kier alpha value is -1.95. The Balaban J connectivity index is 1.69. The molecular weight excluding hydrogens is 414 g/mol. The van der Waals surface area contributed by atoms with Crippen LogP contribution in [-0.4, -0.2) is 51.5 Å². The van der Waals surface area contributed by atoms with Gasteiger partial charge in [0.25, 0.3) is 8.32 Å². The summed E-state index contributed by atoms with van der Waals surface area (Å²) in [5, 5.41) is 2.67. The second kappa shape index (κ2) is 11.3. The van der Waals surface area contributed by atoms with E-state index in [0.717, 1.165) is 32.5 Å². The van der Waals surface area contributed by atoms with Crippen LogP contribution in [0.1, 0.15) is 53.4 Å². The van der Waals surface area contributed by atoms with E-state index in [1.54, 1.807) is 0 Å². The first kappa shape index (κ1) is 24.7. The van der Waals surface area contributed by atoms with Gasteiger partial charge < -0.3 is 9.16 Å². The number of rotatable bonds is 11. The van der Waals surface area contributed by atoms with Crippen molar-refractivity contribution in [2.75, 3.05) is 26.3 Å². The maximum atomic E-state index is 11.6. The highest BCUT2D eigenvalue weighted by atomic mass is 28.4. The zero-order chi connectivity index (χ0) is 23.0. The van der Waals surface area contributed by atoms with Crippen molar-refractivity contribution in [3.05, 3.63) is 60.7 Å². The van der Waals surface area contributed by atoms with Gasteiger partial charge in [-0.1, -0.05) is 81.4 Å². The third-order valence-electron chi connectivity index (χ3n) is 6.56. The quantitative estimate of drug-likeness (QED) is 0.288. The van der Waals surface area contributed by atoms with Gasteiger partial charge in [0.15, 0.2) is 0 Å². The minimum atomic E-state index is -2.47. The Morgan fingerprint density at radius 3 is 2.06 bits per heavy atom. The first-order valence-corrected chi connectivity index (χ1v) is 13.9. The third kappa shape index (κ3) is 5.69. The van der Waals surface area contributed by atoms with Gasteiger partial charge in [0.05, 0.1) is 13.2 Å². The molecule has 0 amide bonds. The van der Waals surface area contributed by atoms with Crippen molar-refractivity contribution in [3.8, 4) is 0 Å². The lowest BCUT2D eigenvalue weighted by atomic mass is 10.0. The number of esters is 1. The molecule has 3 rings (SSSR count). The Morgan fingerprint density at radius 2 is 1.59 bits per heavy atom. The molecule has 174 valence electrons. The summed E-state index contributed by atoms with van der Waals surface area (Å²) in [6.45, 7) is 12.2. The average Bonchev–Trinajstić information content (AvgIpc) is 2.76. The monoisotopic (exact) mass is 453 g/mol. The highest BCUT2D eigenvalue weighted by molar-refractivity contribution is 6.99. The first-order valence-electron chi connectivity index (χ1n) is 12.0. The van der Waals surface area contributed by atoms with Crippen LogP contribution < -0.4 is 10.4 Å². The fourth-order valence-corrected chi connectivity index (χ4v) is 9.38. The summed E-state index contributed by atoms with van der Waals surface area (Å²) in [6, 6.07) is 22.2. The lowest BCUT2D eigenvalue weighted by Crippen LogP contribution is -2.68. The summed E-state index contributed by atoms with van der Waals surface area (Å²) < 4.78 is 12.1. The Bertz CT molecular complexity index is 795. The summed E-state index contributed by atoms with van der Waals surface area (Å²) in [7, 11) is -2.47. The number of hydrogen-bond acceptors (Lipinski definition) is 4. The second-order valence-corrected chi connectivity index (χ2v) is 14.0. The van der Waals surface area contributed by atoms with E-state index in [0.29, 0.717) is 19.1 Å². The molecule has 1 aliphatic rings. The van der Waals surface area contributed by atoms with Crippen LogP contribution in [0.2, 0.25) is 5.04 Å². The summed E-state index contributed by atoms with van der Waals surface area (Å²) >= 11 is 0. The highest BCUT2D eigenvalue weighted by Crippen LogP contribution is 2.37. The number of carbonyl (C=O) groups excluding carboxylic acids is 1. The van der Waals surface area contributed by atoms with Gasteiger partial charge in [-0.3, -0.25) is 9.69 Å². The number of likely N-dealkylation sites (tertiary alicyclic amines) is 1. The van der Waals surface area contributed by atoms with Crippen LogP contribution in [-0.2, 0) is 14.0 Å². The SMILES string of the molecule is CCOC(=O)CCCCN1CC[C@H]1CO[Si](c1ccccc1)(c1ccccc1)C(C)(C)C. The summed E-state index contributed by atoms with van der Waals surface area (Å²) in [6.07, 6.45) is 3.60. The lowest BCUT2D eigenvalue weighted by molar-refractivity contribution is -0.143. The molecule has 1 heterocycles. The van der Waals surface area contributed by atoms with Gasteiger partial charge in [-0.25, -0.2) is 0 Å². The molecule has 2 aromatic rings. The molecule has 0 aliphatic carbocycles. The molecule has 32 heavy (non-hydrogen) atoms. The zero-order valence-corrected chi connectivity index (χ0v) is 21.2. The van der Waals surface area contributed by atoms with Gasteiger partial charge in [0, 0.05) is 19.0 Å². The second-order valence-electron chi connectivity index (χ2n) is 9.71. The van der Waals surface area contributed by atoms with Crippen LogP contribution in [0.25, 0.3) is 0 Å². The van der Waals surface area contributed by atoms with Crippen molar-refractivity contribution in [1.29, 1.82) is 0 Å². The fourth-order valence-electron chi connectivity index (χ4n) is 4.78. The predicted octanol–water partition coefficient (Wildman–Crippen LogP) is 4.37. The molecule has 1 atom stereocenters. The first-order chi connectivity index (χ1) is 15.4. The number of ether oxygens (including phenoxy) is 1. The Labute approximate surface area is 195 Å². The third-order valence-corrected chi connectivity index (χ3v) is 11.6. The van der Waals surface area contributed by atoms with Crippen molar-refractivity contribution < 1.29 is 14.0 Å². The topological polar surface area (TPSA) is 38.8 Å². The minimum absolute atomic E-state index is 0.00389. The number of benzene rings is 2. The molecule has 4 nitrogen and oxygen atoms in total. The van der Waals surface area contributed by atoms with Crippen LogP contribution in [0.15, 0.2) is 60.7 Å². The molecule has 0 radical (unpaired) electrons. The van der Waals surface area contributed by atoms with Gasteiger partial charge >= 0.3 is 5.97 Å². The molecule has 1 aliphatic heterocycles. The highest BCUT2D eigenvalue weighted by Gasteiger charge is 2.50. The van der Waals surface area contributed by atoms with E-state index in [4.69, 9.17) is 9.16 Å². The van der Waals surface area contributed by atoms with Crippen molar-refractivity contribution in [3.63, 3.8) is 0 Å². The van der Waals surface area contributed by atoms with Crippen molar-refractivity contribution in [2.24, 2.45) is 0 Å². The van der Waals surface area contributed by atoms with Gasteiger partial charge in [-0.05, 0) is 48.1 Å². The maximum absolute atomic E-state index is 11.6. The van der Waals surface area contributed by atoms with E-state index < -0.39 is 8.32 Å². The van der Waals surface area contributed by atoms with Crippen LogP contribution in [0.4, 0.5) is 0 Å². The summed E-state index contributed by atoms with van der Waals surface area (Å²) in [4.78, 5) is 14.1. The van der Waals surface area contributed by atoms with E-state index in [1.807, 2.05) is 6.92 Å². The molecule has 0 N–H and O–H groups in total. The maximum Gasteiger partial charge on any atom is 0.305 e.